The maximum absolute atomic E-state index is 2.40. The standard InChI is InChI=1S/C21H44/c1-5-9-10-11-12-13-14-15-16-17-19-21(8-4)20(7-3)18-6-2/h20-21H,5-19H2,1-4H3. The van der Waals surface area contributed by atoms with Gasteiger partial charge in [0.25, 0.3) is 0 Å². The summed E-state index contributed by atoms with van der Waals surface area (Å²) < 4.78 is 0. The fourth-order valence-corrected chi connectivity index (χ4v) is 3.81. The van der Waals surface area contributed by atoms with Gasteiger partial charge >= 0.3 is 0 Å². The molecule has 0 aromatic rings. The van der Waals surface area contributed by atoms with Gasteiger partial charge in [-0.25, -0.2) is 0 Å². The smallest absolute Gasteiger partial charge is 0.0389 e. The fourth-order valence-electron chi connectivity index (χ4n) is 3.81. The lowest BCUT2D eigenvalue weighted by Crippen LogP contribution is -2.13. The predicted octanol–water partition coefficient (Wildman–Crippen LogP) is 8.15. The zero-order valence-corrected chi connectivity index (χ0v) is 15.8. The number of rotatable bonds is 16. The highest BCUT2D eigenvalue weighted by Gasteiger charge is 2.16. The van der Waals surface area contributed by atoms with Gasteiger partial charge in [-0.2, -0.15) is 0 Å². The second-order valence-corrected chi connectivity index (χ2v) is 7.10. The van der Waals surface area contributed by atoms with Gasteiger partial charge in [0.2, 0.25) is 0 Å². The zero-order valence-electron chi connectivity index (χ0n) is 15.8. The van der Waals surface area contributed by atoms with Crippen molar-refractivity contribution in [1.29, 1.82) is 0 Å². The molecule has 128 valence electrons. The van der Waals surface area contributed by atoms with E-state index in [0.29, 0.717) is 0 Å². The Kier molecular flexibility index (Phi) is 16.4. The molecule has 0 bridgehead atoms. The topological polar surface area (TPSA) is 0 Å². The van der Waals surface area contributed by atoms with Crippen LogP contribution < -0.4 is 0 Å². The van der Waals surface area contributed by atoms with E-state index in [-0.39, 0.29) is 0 Å². The first-order valence-corrected chi connectivity index (χ1v) is 10.3. The second-order valence-electron chi connectivity index (χ2n) is 7.10. The minimum absolute atomic E-state index is 0.999. The van der Waals surface area contributed by atoms with Crippen molar-refractivity contribution in [2.45, 2.75) is 124 Å². The van der Waals surface area contributed by atoms with Gasteiger partial charge in [-0.3, -0.25) is 0 Å². The summed E-state index contributed by atoms with van der Waals surface area (Å²) in [6, 6.07) is 0. The molecule has 2 unspecified atom stereocenters. The minimum Gasteiger partial charge on any atom is -0.0654 e. The van der Waals surface area contributed by atoms with Crippen LogP contribution in [0.25, 0.3) is 0 Å². The van der Waals surface area contributed by atoms with Crippen molar-refractivity contribution in [3.63, 3.8) is 0 Å². The van der Waals surface area contributed by atoms with E-state index in [1.165, 1.54) is 96.3 Å². The maximum Gasteiger partial charge on any atom is -0.0389 e. The summed E-state index contributed by atoms with van der Waals surface area (Å²) >= 11 is 0. The molecule has 0 aliphatic rings. The lowest BCUT2D eigenvalue weighted by molar-refractivity contribution is 0.268. The Morgan fingerprint density at radius 3 is 1.29 bits per heavy atom. The molecule has 0 N–H and O–H groups in total. The van der Waals surface area contributed by atoms with E-state index in [9.17, 15) is 0 Å². The van der Waals surface area contributed by atoms with E-state index >= 15 is 0 Å². The van der Waals surface area contributed by atoms with Crippen molar-refractivity contribution in [2.75, 3.05) is 0 Å². The van der Waals surface area contributed by atoms with Crippen LogP contribution in [-0.4, -0.2) is 0 Å². The summed E-state index contributed by atoms with van der Waals surface area (Å²) in [6.07, 6.45) is 21.7. The van der Waals surface area contributed by atoms with Crippen LogP contribution in [0.1, 0.15) is 124 Å². The molecule has 0 heterocycles. The van der Waals surface area contributed by atoms with Crippen molar-refractivity contribution < 1.29 is 0 Å². The van der Waals surface area contributed by atoms with Gasteiger partial charge in [0.05, 0.1) is 0 Å². The highest BCUT2D eigenvalue weighted by molar-refractivity contribution is 4.68. The Balaban J connectivity index is 3.46. The molecule has 0 fully saturated rings. The Bertz CT molecular complexity index is 184. The van der Waals surface area contributed by atoms with Crippen molar-refractivity contribution in [2.24, 2.45) is 11.8 Å². The molecule has 0 nitrogen and oxygen atoms in total. The fraction of sp³-hybridized carbons (Fsp3) is 1.00. The molecule has 0 aliphatic heterocycles. The average Bonchev–Trinajstić information content (AvgIpc) is 2.51. The van der Waals surface area contributed by atoms with E-state index < -0.39 is 0 Å². The summed E-state index contributed by atoms with van der Waals surface area (Å²) in [5.74, 6) is 2.00. The lowest BCUT2D eigenvalue weighted by Gasteiger charge is -2.25. The normalized spacial score (nSPS) is 14.3. The zero-order chi connectivity index (χ0) is 15.8. The van der Waals surface area contributed by atoms with Gasteiger partial charge in [-0.05, 0) is 11.8 Å². The summed E-state index contributed by atoms with van der Waals surface area (Å²) in [6.45, 7) is 9.43. The van der Waals surface area contributed by atoms with Crippen LogP contribution in [-0.2, 0) is 0 Å². The van der Waals surface area contributed by atoms with Crippen molar-refractivity contribution >= 4 is 0 Å². The summed E-state index contributed by atoms with van der Waals surface area (Å²) in [7, 11) is 0. The predicted molar refractivity (Wildman–Crippen MR) is 98.9 cm³/mol. The Labute approximate surface area is 136 Å². The molecule has 0 radical (unpaired) electrons. The molecule has 0 aromatic heterocycles. The van der Waals surface area contributed by atoms with Gasteiger partial charge in [0, 0.05) is 0 Å². The molecule has 0 aromatic carbocycles. The van der Waals surface area contributed by atoms with Gasteiger partial charge in [0.1, 0.15) is 0 Å². The van der Waals surface area contributed by atoms with Crippen LogP contribution in [0, 0.1) is 11.8 Å². The Hall–Kier alpha value is 0. The molecule has 0 amide bonds. The first-order chi connectivity index (χ1) is 10.3. The molecule has 0 saturated heterocycles. The first-order valence-electron chi connectivity index (χ1n) is 10.3. The van der Waals surface area contributed by atoms with Crippen molar-refractivity contribution in [3.8, 4) is 0 Å². The summed E-state index contributed by atoms with van der Waals surface area (Å²) in [5, 5.41) is 0. The highest BCUT2D eigenvalue weighted by atomic mass is 14.2. The van der Waals surface area contributed by atoms with Gasteiger partial charge in [0.15, 0.2) is 0 Å². The number of unbranched alkanes of at least 4 members (excludes halogenated alkanes) is 9. The third kappa shape index (κ3) is 12.2. The third-order valence-corrected chi connectivity index (χ3v) is 5.30. The molecule has 2 atom stereocenters. The average molecular weight is 297 g/mol. The van der Waals surface area contributed by atoms with E-state index in [1.54, 1.807) is 0 Å². The number of hydrogen-bond acceptors (Lipinski definition) is 0. The van der Waals surface area contributed by atoms with Gasteiger partial charge < -0.3 is 0 Å². The molecular weight excluding hydrogens is 252 g/mol. The summed E-state index contributed by atoms with van der Waals surface area (Å²) in [4.78, 5) is 0. The van der Waals surface area contributed by atoms with Crippen LogP contribution in [0.3, 0.4) is 0 Å². The molecular formula is C21H44. The minimum atomic E-state index is 0.999. The largest absolute Gasteiger partial charge is 0.0654 e. The van der Waals surface area contributed by atoms with Crippen molar-refractivity contribution in [1.82, 2.24) is 0 Å². The summed E-state index contributed by atoms with van der Waals surface area (Å²) in [5.41, 5.74) is 0. The van der Waals surface area contributed by atoms with E-state index in [1.807, 2.05) is 0 Å². The molecule has 0 spiro atoms. The van der Waals surface area contributed by atoms with E-state index in [0.717, 1.165) is 11.8 Å². The highest BCUT2D eigenvalue weighted by Crippen LogP contribution is 2.29. The van der Waals surface area contributed by atoms with Crippen LogP contribution in [0.4, 0.5) is 0 Å². The SMILES string of the molecule is CCCCCCCCCCCCC(CC)C(CC)CCC. The molecule has 0 aliphatic carbocycles. The van der Waals surface area contributed by atoms with Crippen LogP contribution in [0.2, 0.25) is 0 Å². The van der Waals surface area contributed by atoms with Crippen LogP contribution in [0.5, 0.6) is 0 Å². The quantitative estimate of drug-likeness (QED) is 0.252. The van der Waals surface area contributed by atoms with E-state index in [4.69, 9.17) is 0 Å². The molecule has 0 rings (SSSR count). The third-order valence-electron chi connectivity index (χ3n) is 5.30. The first kappa shape index (κ1) is 21.0. The number of hydrogen-bond donors (Lipinski definition) is 0. The van der Waals surface area contributed by atoms with Crippen molar-refractivity contribution in [3.05, 3.63) is 0 Å². The Morgan fingerprint density at radius 2 is 0.857 bits per heavy atom. The lowest BCUT2D eigenvalue weighted by atomic mass is 9.81. The molecule has 21 heavy (non-hydrogen) atoms. The maximum atomic E-state index is 2.40. The van der Waals surface area contributed by atoms with Gasteiger partial charge in [-0.15, -0.1) is 0 Å². The molecule has 0 heteroatoms. The van der Waals surface area contributed by atoms with Crippen LogP contribution >= 0.6 is 0 Å². The van der Waals surface area contributed by atoms with Crippen LogP contribution in [0.15, 0.2) is 0 Å². The Morgan fingerprint density at radius 1 is 0.429 bits per heavy atom. The van der Waals surface area contributed by atoms with Gasteiger partial charge in [-0.1, -0.05) is 124 Å². The molecule has 0 saturated carbocycles. The second kappa shape index (κ2) is 16.4. The van der Waals surface area contributed by atoms with E-state index in [2.05, 4.69) is 27.7 Å². The monoisotopic (exact) mass is 296 g/mol.